The molecule has 4 N–H and O–H groups in total. The van der Waals surface area contributed by atoms with Gasteiger partial charge in [0.1, 0.15) is 0 Å². The molecule has 1 heterocycles. The Bertz CT molecular complexity index is 630. The number of para-hydroxylation sites is 1. The lowest BCUT2D eigenvalue weighted by atomic mass is 9.89. The smallest absolute Gasteiger partial charge is 0.226 e. The van der Waals surface area contributed by atoms with Gasteiger partial charge in [-0.1, -0.05) is 24.6 Å². The molecule has 1 spiro atoms. The monoisotopic (exact) mass is 380 g/mol. The Balaban J connectivity index is 0.00000243. The Kier molecular flexibility index (Phi) is 7.11. The summed E-state index contributed by atoms with van der Waals surface area (Å²) < 4.78 is 0. The van der Waals surface area contributed by atoms with Crippen molar-refractivity contribution in [1.29, 1.82) is 0 Å². The molecule has 0 bridgehead atoms. The van der Waals surface area contributed by atoms with Crippen molar-refractivity contribution >= 4 is 30.0 Å². The van der Waals surface area contributed by atoms with Crippen molar-refractivity contribution in [2.24, 2.45) is 21.5 Å². The number of hydrogen-bond donors (Lipinski definition) is 2. The minimum atomic E-state index is -0.473. The summed E-state index contributed by atoms with van der Waals surface area (Å²) in [6.45, 7) is 1.46. The van der Waals surface area contributed by atoms with Crippen molar-refractivity contribution < 1.29 is 4.84 Å². The van der Waals surface area contributed by atoms with Gasteiger partial charge in [-0.25, -0.2) is 4.99 Å². The molecule has 2 aliphatic rings. The molecular formula is C18H29ClN6O. The first-order valence-electron chi connectivity index (χ1n) is 9.00. The number of guanidine groups is 2. The molecule has 3 rings (SSSR count). The molecule has 0 saturated heterocycles. The molecule has 7 nitrogen and oxygen atoms in total. The Labute approximate surface area is 161 Å². The standard InChI is InChI=1S/C18H28N6O.ClH/c1-23(15-9-4-2-5-10-15)13-8-14-25-24-17(20)21-16(19)22-18(24)11-6-3-7-12-18;/h2,4-5,9-10H,3,6-8,11-14H2,1H3,(H4,19,20,21,22);1H. The molecule has 1 aliphatic heterocycles. The van der Waals surface area contributed by atoms with Crippen molar-refractivity contribution in [3.63, 3.8) is 0 Å². The number of rotatable bonds is 6. The maximum absolute atomic E-state index is 6.09. The molecule has 0 radical (unpaired) electrons. The minimum Gasteiger partial charge on any atom is -0.375 e. The van der Waals surface area contributed by atoms with Gasteiger partial charge in [0.15, 0.2) is 5.66 Å². The summed E-state index contributed by atoms with van der Waals surface area (Å²) in [4.78, 5) is 16.9. The van der Waals surface area contributed by atoms with Gasteiger partial charge in [0.05, 0.1) is 6.61 Å². The van der Waals surface area contributed by atoms with E-state index in [0.29, 0.717) is 12.6 Å². The molecule has 8 heteroatoms. The highest BCUT2D eigenvalue weighted by molar-refractivity contribution is 5.95. The molecule has 1 saturated carbocycles. The highest BCUT2D eigenvalue weighted by atomic mass is 35.5. The topological polar surface area (TPSA) is 92.5 Å². The maximum Gasteiger partial charge on any atom is 0.226 e. The predicted molar refractivity (Wildman–Crippen MR) is 108 cm³/mol. The van der Waals surface area contributed by atoms with Gasteiger partial charge in [0.25, 0.3) is 0 Å². The Morgan fingerprint density at radius 3 is 2.54 bits per heavy atom. The van der Waals surface area contributed by atoms with Crippen LogP contribution in [0, 0.1) is 0 Å². The van der Waals surface area contributed by atoms with Crippen LogP contribution in [0.3, 0.4) is 0 Å². The number of hydrogen-bond acceptors (Lipinski definition) is 7. The van der Waals surface area contributed by atoms with Gasteiger partial charge in [-0.15, -0.1) is 12.4 Å². The molecule has 26 heavy (non-hydrogen) atoms. The van der Waals surface area contributed by atoms with Gasteiger partial charge in [0, 0.05) is 19.3 Å². The molecule has 1 aromatic carbocycles. The number of benzene rings is 1. The first-order chi connectivity index (χ1) is 12.1. The van der Waals surface area contributed by atoms with E-state index in [1.807, 2.05) is 18.2 Å². The van der Waals surface area contributed by atoms with E-state index in [0.717, 1.165) is 38.6 Å². The van der Waals surface area contributed by atoms with Crippen molar-refractivity contribution in [3.8, 4) is 0 Å². The number of nitrogens with zero attached hydrogens (tertiary/aromatic N) is 4. The molecule has 1 aliphatic carbocycles. The average Bonchev–Trinajstić information content (AvgIpc) is 2.61. The molecule has 0 atom stereocenters. The van der Waals surface area contributed by atoms with Crippen molar-refractivity contribution in [2.75, 3.05) is 25.1 Å². The highest BCUT2D eigenvalue weighted by Gasteiger charge is 2.42. The van der Waals surface area contributed by atoms with E-state index in [2.05, 4.69) is 34.1 Å². The van der Waals surface area contributed by atoms with Crippen LogP contribution in [0.15, 0.2) is 40.3 Å². The number of anilines is 1. The Hall–Kier alpha value is -1.99. The second-order valence-corrected chi connectivity index (χ2v) is 6.72. The third kappa shape index (κ3) is 4.59. The normalized spacial score (nSPS) is 18.7. The molecule has 1 fully saturated rings. The fourth-order valence-electron chi connectivity index (χ4n) is 3.55. The third-order valence-corrected chi connectivity index (χ3v) is 4.85. The van der Waals surface area contributed by atoms with Crippen LogP contribution in [-0.4, -0.2) is 42.8 Å². The van der Waals surface area contributed by atoms with E-state index in [1.54, 1.807) is 5.06 Å². The predicted octanol–water partition coefficient (Wildman–Crippen LogP) is 2.47. The lowest BCUT2D eigenvalue weighted by Crippen LogP contribution is -2.57. The van der Waals surface area contributed by atoms with Crippen LogP contribution >= 0.6 is 12.4 Å². The largest absolute Gasteiger partial charge is 0.375 e. The summed E-state index contributed by atoms with van der Waals surface area (Å²) in [5, 5.41) is 1.70. The molecular weight excluding hydrogens is 352 g/mol. The molecule has 1 aromatic rings. The zero-order valence-corrected chi connectivity index (χ0v) is 16.1. The Morgan fingerprint density at radius 1 is 1.15 bits per heavy atom. The van der Waals surface area contributed by atoms with Crippen LogP contribution in [0.25, 0.3) is 0 Å². The number of halogens is 1. The van der Waals surface area contributed by atoms with Crippen LogP contribution in [0.1, 0.15) is 38.5 Å². The first kappa shape index (κ1) is 20.3. The van der Waals surface area contributed by atoms with Crippen molar-refractivity contribution in [2.45, 2.75) is 44.2 Å². The van der Waals surface area contributed by atoms with E-state index in [4.69, 9.17) is 16.3 Å². The second kappa shape index (κ2) is 9.09. The lowest BCUT2D eigenvalue weighted by molar-refractivity contribution is -0.177. The quantitative estimate of drug-likeness (QED) is 0.739. The summed E-state index contributed by atoms with van der Waals surface area (Å²) in [6.07, 6.45) is 6.08. The lowest BCUT2D eigenvalue weighted by Gasteiger charge is -2.44. The fourth-order valence-corrected chi connectivity index (χ4v) is 3.55. The van der Waals surface area contributed by atoms with Gasteiger partial charge in [0.2, 0.25) is 11.9 Å². The van der Waals surface area contributed by atoms with Crippen molar-refractivity contribution in [3.05, 3.63) is 30.3 Å². The summed E-state index contributed by atoms with van der Waals surface area (Å²) in [5.74, 6) is 0.564. The van der Waals surface area contributed by atoms with Crippen LogP contribution in [-0.2, 0) is 4.84 Å². The van der Waals surface area contributed by atoms with Gasteiger partial charge in [-0.2, -0.15) is 10.1 Å². The maximum atomic E-state index is 6.09. The summed E-state index contributed by atoms with van der Waals surface area (Å²) in [6, 6.07) is 10.3. The summed E-state index contributed by atoms with van der Waals surface area (Å²) in [7, 11) is 2.08. The van der Waals surface area contributed by atoms with Crippen LogP contribution in [0.5, 0.6) is 0 Å². The number of aliphatic imine (C=N–C) groups is 2. The second-order valence-electron chi connectivity index (χ2n) is 6.72. The van der Waals surface area contributed by atoms with E-state index in [1.165, 1.54) is 12.1 Å². The average molecular weight is 381 g/mol. The number of nitrogens with two attached hydrogens (primary N) is 2. The third-order valence-electron chi connectivity index (χ3n) is 4.85. The van der Waals surface area contributed by atoms with Crippen LogP contribution in [0.4, 0.5) is 5.69 Å². The number of hydroxylamine groups is 2. The highest BCUT2D eigenvalue weighted by Crippen LogP contribution is 2.36. The fraction of sp³-hybridized carbons (Fsp3) is 0.556. The minimum absolute atomic E-state index is 0. The first-order valence-corrected chi connectivity index (χ1v) is 9.00. The summed E-state index contributed by atoms with van der Waals surface area (Å²) in [5.41, 5.74) is 12.7. The van der Waals surface area contributed by atoms with Gasteiger partial charge in [-0.05, 0) is 44.2 Å². The van der Waals surface area contributed by atoms with E-state index in [9.17, 15) is 0 Å². The Morgan fingerprint density at radius 2 is 1.85 bits per heavy atom. The summed E-state index contributed by atoms with van der Waals surface area (Å²) >= 11 is 0. The van der Waals surface area contributed by atoms with E-state index >= 15 is 0 Å². The molecule has 144 valence electrons. The van der Waals surface area contributed by atoms with E-state index < -0.39 is 5.66 Å². The van der Waals surface area contributed by atoms with Crippen LogP contribution in [0.2, 0.25) is 0 Å². The van der Waals surface area contributed by atoms with Crippen molar-refractivity contribution in [1.82, 2.24) is 5.06 Å². The molecule has 0 aromatic heterocycles. The van der Waals surface area contributed by atoms with Gasteiger partial charge >= 0.3 is 0 Å². The zero-order valence-electron chi connectivity index (χ0n) is 15.3. The molecule has 0 amide bonds. The zero-order chi connectivity index (χ0) is 17.7. The van der Waals surface area contributed by atoms with Crippen LogP contribution < -0.4 is 16.4 Å². The van der Waals surface area contributed by atoms with E-state index in [-0.39, 0.29) is 18.4 Å². The molecule has 0 unspecified atom stereocenters. The SMILES string of the molecule is CN(CCCON1C(N)=NC(N)=NC12CCCCC2)c1ccccc1.Cl. The van der Waals surface area contributed by atoms with Gasteiger partial charge < -0.3 is 16.4 Å². The van der Waals surface area contributed by atoms with Gasteiger partial charge in [-0.3, -0.25) is 4.84 Å².